The quantitative estimate of drug-likeness (QED) is 0.676. The Morgan fingerprint density at radius 3 is 2.81 bits per heavy atom. The predicted octanol–water partition coefficient (Wildman–Crippen LogP) is 2.56. The van der Waals surface area contributed by atoms with Gasteiger partial charge in [0.05, 0.1) is 6.10 Å². The number of fused-ring (bicyclic) bond motifs is 7. The van der Waals surface area contributed by atoms with Crippen molar-refractivity contribution in [3.63, 3.8) is 0 Å². The van der Waals surface area contributed by atoms with E-state index < -0.39 is 29.1 Å². The fourth-order valence-electron chi connectivity index (χ4n) is 7.97. The molecule has 0 aromatic rings. The van der Waals surface area contributed by atoms with Crippen LogP contribution in [0, 0.1) is 28.6 Å². The summed E-state index contributed by atoms with van der Waals surface area (Å²) in [5, 5.41) is 11.6. The molecular formula is C25H31NO6. The van der Waals surface area contributed by atoms with Crippen LogP contribution in [0.5, 0.6) is 0 Å². The summed E-state index contributed by atoms with van der Waals surface area (Å²) in [4.78, 5) is 41.7. The molecule has 0 saturated heterocycles. The van der Waals surface area contributed by atoms with Gasteiger partial charge in [-0.1, -0.05) is 25.5 Å². The third kappa shape index (κ3) is 2.63. The fourth-order valence-corrected chi connectivity index (χ4v) is 7.97. The topological polar surface area (TPSA) is 102 Å². The molecule has 1 N–H and O–H groups in total. The normalized spacial score (nSPS) is 46.2. The van der Waals surface area contributed by atoms with Gasteiger partial charge in [-0.25, -0.2) is 4.99 Å². The van der Waals surface area contributed by atoms with E-state index in [1.807, 2.05) is 6.08 Å². The predicted molar refractivity (Wildman–Crippen MR) is 116 cm³/mol. The molecule has 7 heteroatoms. The van der Waals surface area contributed by atoms with Crippen LogP contribution in [-0.2, 0) is 23.9 Å². The molecule has 1 heterocycles. The lowest BCUT2D eigenvalue weighted by Gasteiger charge is -2.59. The average Bonchev–Trinajstić information content (AvgIpc) is 3.17. The second-order valence-electron chi connectivity index (χ2n) is 10.7. The van der Waals surface area contributed by atoms with Crippen molar-refractivity contribution in [2.45, 2.75) is 71.1 Å². The Kier molecular flexibility index (Phi) is 4.62. The first-order valence-electron chi connectivity index (χ1n) is 11.5. The Morgan fingerprint density at radius 2 is 2.09 bits per heavy atom. The van der Waals surface area contributed by atoms with Crippen LogP contribution in [0.2, 0.25) is 0 Å². The monoisotopic (exact) mass is 441 g/mol. The molecular weight excluding hydrogens is 410 g/mol. The van der Waals surface area contributed by atoms with Crippen molar-refractivity contribution in [1.29, 1.82) is 0 Å². The zero-order chi connectivity index (χ0) is 23.1. The van der Waals surface area contributed by atoms with Gasteiger partial charge in [0.15, 0.2) is 23.8 Å². The maximum atomic E-state index is 13.5. The number of carbonyl (C=O) groups is 3. The number of ketones is 2. The minimum Gasteiger partial charge on any atom is -0.475 e. The van der Waals surface area contributed by atoms with Gasteiger partial charge in [-0.05, 0) is 49.7 Å². The number of hydrogen-bond acceptors (Lipinski definition) is 7. The van der Waals surface area contributed by atoms with Crippen molar-refractivity contribution in [2.24, 2.45) is 33.6 Å². The van der Waals surface area contributed by atoms with E-state index in [0.717, 1.165) is 18.4 Å². The van der Waals surface area contributed by atoms with Crippen molar-refractivity contribution in [2.75, 3.05) is 6.61 Å². The smallest absolute Gasteiger partial charge is 0.303 e. The summed E-state index contributed by atoms with van der Waals surface area (Å²) < 4.78 is 11.2. The highest BCUT2D eigenvalue weighted by Crippen LogP contribution is 2.69. The van der Waals surface area contributed by atoms with E-state index in [2.05, 4.69) is 13.8 Å². The highest BCUT2D eigenvalue weighted by Gasteiger charge is 2.74. The van der Waals surface area contributed by atoms with Crippen LogP contribution in [0.1, 0.15) is 53.4 Å². The second-order valence-corrected chi connectivity index (χ2v) is 10.7. The largest absolute Gasteiger partial charge is 0.475 e. The molecule has 8 atom stereocenters. The van der Waals surface area contributed by atoms with Crippen LogP contribution in [-0.4, -0.2) is 52.9 Å². The first-order valence-corrected chi connectivity index (χ1v) is 11.5. The lowest BCUT2D eigenvalue weighted by molar-refractivity contribution is -0.155. The van der Waals surface area contributed by atoms with Gasteiger partial charge in [-0.3, -0.25) is 14.4 Å². The van der Waals surface area contributed by atoms with Crippen molar-refractivity contribution in [3.8, 4) is 0 Å². The van der Waals surface area contributed by atoms with Crippen molar-refractivity contribution >= 4 is 23.4 Å². The van der Waals surface area contributed by atoms with Gasteiger partial charge in [0, 0.05) is 30.6 Å². The van der Waals surface area contributed by atoms with Crippen LogP contribution in [0.3, 0.4) is 0 Å². The highest BCUT2D eigenvalue weighted by molar-refractivity contribution is 6.01. The van der Waals surface area contributed by atoms with E-state index in [4.69, 9.17) is 14.5 Å². The number of allylic oxidation sites excluding steroid dienone is 4. The van der Waals surface area contributed by atoms with Crippen LogP contribution in [0.4, 0.5) is 0 Å². The molecule has 0 radical (unpaired) electrons. The molecule has 32 heavy (non-hydrogen) atoms. The zero-order valence-corrected chi connectivity index (χ0v) is 19.1. The maximum Gasteiger partial charge on any atom is 0.303 e. The maximum absolute atomic E-state index is 13.5. The van der Waals surface area contributed by atoms with E-state index >= 15 is 0 Å². The Balaban J connectivity index is 1.56. The molecule has 172 valence electrons. The summed E-state index contributed by atoms with van der Waals surface area (Å²) in [6, 6.07) is 0. The first kappa shape index (κ1) is 21.6. The molecule has 0 amide bonds. The van der Waals surface area contributed by atoms with E-state index in [1.165, 1.54) is 6.92 Å². The van der Waals surface area contributed by atoms with Crippen LogP contribution < -0.4 is 0 Å². The average molecular weight is 442 g/mol. The molecule has 0 spiro atoms. The van der Waals surface area contributed by atoms with Crippen LogP contribution in [0.15, 0.2) is 28.8 Å². The molecule has 0 bridgehead atoms. The van der Waals surface area contributed by atoms with Gasteiger partial charge in [0.2, 0.25) is 5.78 Å². The number of carbonyl (C=O) groups excluding carboxylic acids is 3. The lowest BCUT2D eigenvalue weighted by Crippen LogP contribution is -2.62. The molecule has 3 saturated carbocycles. The Labute approximate surface area is 187 Å². The summed E-state index contributed by atoms with van der Waals surface area (Å²) in [5.74, 6) is -0.0140. The van der Waals surface area contributed by atoms with Crippen LogP contribution in [0.25, 0.3) is 0 Å². The SMILES string of the molecule is CC(=O)OCC(=O)[C@@]12N=C(C)O[C@@H]1C[C@@H]1[C@@H]3CCC4=CC(=O)C=C[C@]4(C)[C@@H]3C(O)C[C@@]12C. The van der Waals surface area contributed by atoms with Crippen molar-refractivity contribution in [3.05, 3.63) is 23.8 Å². The molecule has 4 aliphatic carbocycles. The Bertz CT molecular complexity index is 996. The first-order chi connectivity index (χ1) is 15.0. The molecule has 1 unspecified atom stereocenters. The second kappa shape index (κ2) is 6.86. The highest BCUT2D eigenvalue weighted by atomic mass is 16.5. The fraction of sp³-hybridized carbons (Fsp3) is 0.680. The molecule has 0 aromatic carbocycles. The summed E-state index contributed by atoms with van der Waals surface area (Å²) in [7, 11) is 0. The summed E-state index contributed by atoms with van der Waals surface area (Å²) in [5.41, 5.74) is -1.04. The number of aliphatic hydroxyl groups is 1. The van der Waals surface area contributed by atoms with E-state index in [9.17, 15) is 19.5 Å². The lowest BCUT2D eigenvalue weighted by atomic mass is 9.46. The van der Waals surface area contributed by atoms with Gasteiger partial charge < -0.3 is 14.6 Å². The summed E-state index contributed by atoms with van der Waals surface area (Å²) in [6.45, 7) is 6.88. The van der Waals surface area contributed by atoms with Gasteiger partial charge in [0.1, 0.15) is 6.10 Å². The van der Waals surface area contributed by atoms with Crippen molar-refractivity contribution in [1.82, 2.24) is 0 Å². The van der Waals surface area contributed by atoms with Gasteiger partial charge >= 0.3 is 5.97 Å². The third-order valence-electron chi connectivity index (χ3n) is 9.17. The van der Waals surface area contributed by atoms with E-state index in [0.29, 0.717) is 18.7 Å². The Morgan fingerprint density at radius 1 is 1.34 bits per heavy atom. The minimum absolute atomic E-state index is 0.00898. The summed E-state index contributed by atoms with van der Waals surface area (Å²) in [6.07, 6.45) is 7.01. The van der Waals surface area contributed by atoms with E-state index in [-0.39, 0.29) is 41.3 Å². The zero-order valence-electron chi connectivity index (χ0n) is 19.1. The number of aliphatic hydroxyl groups excluding tert-OH is 1. The number of ether oxygens (including phenoxy) is 2. The molecule has 3 fully saturated rings. The number of rotatable bonds is 3. The number of esters is 1. The standard InChI is InChI=1S/C25H31NO6/c1-13-26-25(20(30)12-31-14(2)27)21(32-13)10-18-17-6-5-15-9-16(28)7-8-23(15,3)22(17)19(29)11-24(18,25)4/h7-9,17-19,21-22,29H,5-6,10-12H2,1-4H3/t17-,18+,19?,21+,22-,23-,24-,25+/m0/s1. The molecule has 1 aliphatic heterocycles. The van der Waals surface area contributed by atoms with Gasteiger partial charge in [0.25, 0.3) is 0 Å². The van der Waals surface area contributed by atoms with Crippen LogP contribution >= 0.6 is 0 Å². The van der Waals surface area contributed by atoms with Crippen molar-refractivity contribution < 1.29 is 29.0 Å². The minimum atomic E-state index is -1.15. The van der Waals surface area contributed by atoms with Gasteiger partial charge in [-0.15, -0.1) is 0 Å². The molecule has 5 rings (SSSR count). The molecule has 7 nitrogen and oxygen atoms in total. The van der Waals surface area contributed by atoms with E-state index in [1.54, 1.807) is 19.1 Å². The molecule has 0 aromatic heterocycles. The number of nitrogens with zero attached hydrogens (tertiary/aromatic N) is 1. The number of aliphatic imine (C=N–C) groups is 1. The Hall–Kier alpha value is -2.28. The van der Waals surface area contributed by atoms with Gasteiger partial charge in [-0.2, -0.15) is 0 Å². The molecule has 5 aliphatic rings. The number of hydrogen-bond donors (Lipinski definition) is 1. The third-order valence-corrected chi connectivity index (χ3v) is 9.17. The number of Topliss-reactive ketones (excluding diaryl/α,β-unsaturated/α-hetero) is 1. The summed E-state index contributed by atoms with van der Waals surface area (Å²) >= 11 is 0.